The third-order valence-electron chi connectivity index (χ3n) is 12.9. The number of nitriles is 1. The molecule has 5 fully saturated rings. The Kier molecular flexibility index (Phi) is 11.1. The number of anilines is 4. The lowest BCUT2D eigenvalue weighted by Crippen LogP contribution is -2.49. The number of nitrogens with one attached hydrogen (secondary N) is 2. The van der Waals surface area contributed by atoms with Crippen molar-refractivity contribution in [3.63, 3.8) is 0 Å². The molecule has 0 saturated carbocycles. The topological polar surface area (TPSA) is 128 Å². The van der Waals surface area contributed by atoms with Crippen LogP contribution in [0, 0.1) is 22.7 Å². The van der Waals surface area contributed by atoms with Gasteiger partial charge in [0, 0.05) is 95.0 Å². The molecule has 3 aromatic rings. The first-order valence-corrected chi connectivity index (χ1v) is 20.7. The number of hydrogen-bond donors (Lipinski definition) is 2. The maximum absolute atomic E-state index is 13.5. The Hall–Kier alpha value is -4.86. The highest BCUT2D eigenvalue weighted by molar-refractivity contribution is 6.32. The fourth-order valence-electron chi connectivity index (χ4n) is 9.60. The summed E-state index contributed by atoms with van der Waals surface area (Å²) < 4.78 is 0. The standard InChI is InChI=1S/C43H52ClN9O3/c1-30-25-43(29-53(30)35-6-5-32(26-45)37(44)24-35)13-17-50(18-14-43)36-7-8-39(46-27-36)42(56)52-15-11-31(12-16-52)28-49-19-21-51(22-20-49)34-4-2-3-33(23-34)47-38-9-10-40(54)48-41(38)55/h2-8,23-24,27,30-31,38,47H,9-22,25,28-29H2,1H3,(H,48,54,55)/t30-,38?/m1/s1. The van der Waals surface area contributed by atoms with Crippen LogP contribution in [0.4, 0.5) is 22.7 Å². The Morgan fingerprint density at radius 1 is 0.929 bits per heavy atom. The highest BCUT2D eigenvalue weighted by atomic mass is 35.5. The molecule has 1 aromatic heterocycles. The summed E-state index contributed by atoms with van der Waals surface area (Å²) in [4.78, 5) is 53.7. The molecule has 56 heavy (non-hydrogen) atoms. The van der Waals surface area contributed by atoms with Crippen molar-refractivity contribution in [3.05, 3.63) is 77.1 Å². The minimum atomic E-state index is -0.393. The normalized spacial score (nSPS) is 23.3. The van der Waals surface area contributed by atoms with Gasteiger partial charge in [-0.2, -0.15) is 5.26 Å². The lowest BCUT2D eigenvalue weighted by Gasteiger charge is -2.40. The number of amides is 3. The minimum Gasteiger partial charge on any atom is -0.374 e. The van der Waals surface area contributed by atoms with Gasteiger partial charge in [-0.15, -0.1) is 0 Å². The smallest absolute Gasteiger partial charge is 0.272 e. The largest absolute Gasteiger partial charge is 0.374 e. The van der Waals surface area contributed by atoms with Gasteiger partial charge in [0.1, 0.15) is 17.8 Å². The van der Waals surface area contributed by atoms with E-state index in [-0.39, 0.29) is 23.1 Å². The van der Waals surface area contributed by atoms with Gasteiger partial charge in [-0.25, -0.2) is 4.98 Å². The number of pyridine rings is 1. The summed E-state index contributed by atoms with van der Waals surface area (Å²) in [6.45, 7) is 11.6. The van der Waals surface area contributed by atoms with Gasteiger partial charge < -0.3 is 24.9 Å². The molecule has 0 radical (unpaired) electrons. The van der Waals surface area contributed by atoms with Gasteiger partial charge in [0.05, 0.1) is 22.5 Å². The first-order chi connectivity index (χ1) is 27.1. The van der Waals surface area contributed by atoms with Crippen molar-refractivity contribution in [3.8, 4) is 6.07 Å². The molecule has 0 aliphatic carbocycles. The Balaban J connectivity index is 0.762. The van der Waals surface area contributed by atoms with Crippen LogP contribution in [0.3, 0.4) is 0 Å². The molecule has 2 atom stereocenters. The summed E-state index contributed by atoms with van der Waals surface area (Å²) >= 11 is 6.38. The van der Waals surface area contributed by atoms with Crippen molar-refractivity contribution in [1.82, 2.24) is 20.1 Å². The SMILES string of the molecule is C[C@@H]1CC2(CCN(c3ccc(C(=O)N4CCC(CN5CCN(c6cccc(NC7CCC(=O)NC7=O)c6)CC5)CC4)nc3)CC2)CN1c1ccc(C#N)c(Cl)c1. The Morgan fingerprint density at radius 3 is 2.38 bits per heavy atom. The van der Waals surface area contributed by atoms with Crippen molar-refractivity contribution in [1.29, 1.82) is 5.26 Å². The van der Waals surface area contributed by atoms with E-state index in [9.17, 15) is 19.6 Å². The number of carbonyl (C=O) groups excluding carboxylic acids is 3. The van der Waals surface area contributed by atoms with Crippen molar-refractivity contribution < 1.29 is 14.4 Å². The summed E-state index contributed by atoms with van der Waals surface area (Å²) in [5, 5.41) is 15.5. The zero-order valence-corrected chi connectivity index (χ0v) is 33.0. The van der Waals surface area contributed by atoms with E-state index in [1.54, 1.807) is 0 Å². The predicted octanol–water partition coefficient (Wildman–Crippen LogP) is 5.38. The predicted molar refractivity (Wildman–Crippen MR) is 219 cm³/mol. The van der Waals surface area contributed by atoms with Crippen molar-refractivity contribution >= 4 is 52.1 Å². The number of rotatable bonds is 8. The third kappa shape index (κ3) is 8.30. The number of hydrogen-bond acceptors (Lipinski definition) is 10. The van der Waals surface area contributed by atoms with Crippen LogP contribution in [-0.2, 0) is 9.59 Å². The van der Waals surface area contributed by atoms with Crippen LogP contribution in [0.1, 0.15) is 67.9 Å². The molecule has 6 heterocycles. The average Bonchev–Trinajstić information content (AvgIpc) is 3.54. The van der Waals surface area contributed by atoms with Crippen molar-refractivity contribution in [2.45, 2.75) is 64.0 Å². The monoisotopic (exact) mass is 777 g/mol. The third-order valence-corrected chi connectivity index (χ3v) is 13.2. The first-order valence-electron chi connectivity index (χ1n) is 20.3. The Bertz CT molecular complexity index is 1960. The number of piperidine rings is 3. The van der Waals surface area contributed by atoms with Crippen LogP contribution in [0.25, 0.3) is 0 Å². The molecule has 2 aromatic carbocycles. The number of likely N-dealkylation sites (tertiary alicyclic amines) is 1. The molecule has 1 spiro atoms. The fraction of sp³-hybridized carbons (Fsp3) is 0.512. The zero-order valence-electron chi connectivity index (χ0n) is 32.3. The number of benzene rings is 2. The molecule has 5 aliphatic heterocycles. The van der Waals surface area contributed by atoms with Gasteiger partial charge in [0.25, 0.3) is 5.91 Å². The van der Waals surface area contributed by atoms with Gasteiger partial charge in [-0.05, 0) is 105 Å². The summed E-state index contributed by atoms with van der Waals surface area (Å²) in [6, 6.07) is 20.1. The lowest BCUT2D eigenvalue weighted by atomic mass is 9.76. The molecule has 13 heteroatoms. The molecule has 2 N–H and O–H groups in total. The summed E-state index contributed by atoms with van der Waals surface area (Å²) in [6.07, 6.45) is 8.08. The van der Waals surface area contributed by atoms with Gasteiger partial charge >= 0.3 is 0 Å². The molecule has 0 bridgehead atoms. The quantitative estimate of drug-likeness (QED) is 0.288. The minimum absolute atomic E-state index is 0.0264. The molecule has 1 unspecified atom stereocenters. The number of nitrogens with zero attached hydrogens (tertiary/aromatic N) is 7. The molecule has 5 saturated heterocycles. The Morgan fingerprint density at radius 2 is 1.68 bits per heavy atom. The second-order valence-corrected chi connectivity index (χ2v) is 17.0. The van der Waals surface area contributed by atoms with Crippen molar-refractivity contribution in [2.24, 2.45) is 11.3 Å². The highest BCUT2D eigenvalue weighted by Crippen LogP contribution is 2.46. The Labute approximate surface area is 334 Å². The highest BCUT2D eigenvalue weighted by Gasteiger charge is 2.44. The van der Waals surface area contributed by atoms with Gasteiger partial charge in [0.15, 0.2) is 0 Å². The van der Waals surface area contributed by atoms with Crippen LogP contribution in [0.5, 0.6) is 0 Å². The zero-order chi connectivity index (χ0) is 38.8. The van der Waals surface area contributed by atoms with Crippen LogP contribution in [0.2, 0.25) is 5.02 Å². The number of carbonyl (C=O) groups is 3. The molecule has 294 valence electrons. The molecule has 12 nitrogen and oxygen atoms in total. The average molecular weight is 778 g/mol. The van der Waals surface area contributed by atoms with Crippen molar-refractivity contribution in [2.75, 3.05) is 85.5 Å². The molecule has 5 aliphatic rings. The van der Waals surface area contributed by atoms with Gasteiger partial charge in [0.2, 0.25) is 11.8 Å². The van der Waals surface area contributed by atoms with Gasteiger partial charge in [-0.3, -0.25) is 24.6 Å². The van der Waals surface area contributed by atoms with E-state index in [0.717, 1.165) is 120 Å². The lowest BCUT2D eigenvalue weighted by molar-refractivity contribution is -0.133. The number of imide groups is 1. The van der Waals surface area contributed by atoms with E-state index in [1.807, 2.05) is 47.5 Å². The molecular weight excluding hydrogens is 726 g/mol. The summed E-state index contributed by atoms with van der Waals surface area (Å²) in [5.41, 5.74) is 5.49. The van der Waals surface area contributed by atoms with Gasteiger partial charge in [-0.1, -0.05) is 17.7 Å². The van der Waals surface area contributed by atoms with E-state index in [1.165, 1.54) is 0 Å². The second-order valence-electron chi connectivity index (χ2n) is 16.6. The van der Waals surface area contributed by atoms with E-state index in [2.05, 4.69) is 66.4 Å². The number of piperazine rings is 1. The van der Waals surface area contributed by atoms with E-state index in [4.69, 9.17) is 11.6 Å². The number of halogens is 1. The summed E-state index contributed by atoms with van der Waals surface area (Å²) in [7, 11) is 0. The summed E-state index contributed by atoms with van der Waals surface area (Å²) in [5.74, 6) is 0.131. The maximum atomic E-state index is 13.5. The number of aromatic nitrogens is 1. The second kappa shape index (κ2) is 16.3. The first kappa shape index (κ1) is 38.0. The molecule has 8 rings (SSSR count). The van der Waals surface area contributed by atoms with E-state index < -0.39 is 6.04 Å². The molecule has 3 amide bonds. The maximum Gasteiger partial charge on any atom is 0.272 e. The van der Waals surface area contributed by atoms with Crippen LogP contribution in [-0.4, -0.2) is 110 Å². The van der Waals surface area contributed by atoms with Crippen LogP contribution < -0.4 is 25.3 Å². The van der Waals surface area contributed by atoms with Crippen LogP contribution in [0.15, 0.2) is 60.8 Å². The van der Waals surface area contributed by atoms with E-state index >= 15 is 0 Å². The fourth-order valence-corrected chi connectivity index (χ4v) is 9.82. The van der Waals surface area contributed by atoms with E-state index in [0.29, 0.717) is 41.1 Å². The molecular formula is C43H52ClN9O3. The van der Waals surface area contributed by atoms with Crippen LogP contribution >= 0.6 is 11.6 Å².